The Hall–Kier alpha value is -0.340. The Balaban J connectivity index is 2.19. The predicted octanol–water partition coefficient (Wildman–Crippen LogP) is 3.19. The summed E-state index contributed by atoms with van der Waals surface area (Å²) in [7, 11) is 0. The Kier molecular flexibility index (Phi) is 3.17. The van der Waals surface area contributed by atoms with E-state index in [0.29, 0.717) is 0 Å². The topological polar surface area (TPSA) is 20.2 Å². The van der Waals surface area contributed by atoms with E-state index in [0.717, 1.165) is 6.42 Å². The molecule has 0 aromatic carbocycles. The standard InChI is InChI=1S/C13H20OS/c1-13(2,9-14)7-10-8-15-12-6-4-3-5-11(10)12/h8,14H,3-7,9H2,1-2H3. The lowest BCUT2D eigenvalue weighted by Gasteiger charge is -2.22. The first kappa shape index (κ1) is 11.2. The van der Waals surface area contributed by atoms with Crippen LogP contribution in [0.1, 0.15) is 42.7 Å². The highest BCUT2D eigenvalue weighted by molar-refractivity contribution is 7.10. The molecule has 2 rings (SSSR count). The Morgan fingerprint density at radius 2 is 2.07 bits per heavy atom. The van der Waals surface area contributed by atoms with Crippen molar-refractivity contribution in [1.29, 1.82) is 0 Å². The number of rotatable bonds is 3. The summed E-state index contributed by atoms with van der Waals surface area (Å²) in [6, 6.07) is 0. The van der Waals surface area contributed by atoms with Crippen LogP contribution in [0.4, 0.5) is 0 Å². The summed E-state index contributed by atoms with van der Waals surface area (Å²) in [4.78, 5) is 1.60. The molecule has 84 valence electrons. The van der Waals surface area contributed by atoms with E-state index in [-0.39, 0.29) is 12.0 Å². The molecular formula is C13H20OS. The van der Waals surface area contributed by atoms with Gasteiger partial charge < -0.3 is 5.11 Å². The zero-order valence-corrected chi connectivity index (χ0v) is 10.5. The third-order valence-corrected chi connectivity index (χ3v) is 4.38. The van der Waals surface area contributed by atoms with Crippen LogP contribution in [0.25, 0.3) is 0 Å². The monoisotopic (exact) mass is 224 g/mol. The molecule has 0 saturated heterocycles. The molecule has 0 spiro atoms. The summed E-state index contributed by atoms with van der Waals surface area (Å²) in [5, 5.41) is 11.6. The van der Waals surface area contributed by atoms with Gasteiger partial charge in [0.1, 0.15) is 0 Å². The Morgan fingerprint density at radius 1 is 1.33 bits per heavy atom. The van der Waals surface area contributed by atoms with Crippen LogP contribution in [-0.4, -0.2) is 11.7 Å². The minimum absolute atomic E-state index is 0.0340. The van der Waals surface area contributed by atoms with E-state index in [1.54, 1.807) is 10.4 Å². The molecule has 0 bridgehead atoms. The molecule has 1 heterocycles. The van der Waals surface area contributed by atoms with E-state index in [4.69, 9.17) is 0 Å². The predicted molar refractivity (Wildman–Crippen MR) is 65.5 cm³/mol. The lowest BCUT2D eigenvalue weighted by Crippen LogP contribution is -2.20. The molecule has 0 radical (unpaired) electrons. The molecule has 0 atom stereocenters. The van der Waals surface area contributed by atoms with Crippen molar-refractivity contribution < 1.29 is 5.11 Å². The zero-order valence-electron chi connectivity index (χ0n) is 9.68. The van der Waals surface area contributed by atoms with Crippen LogP contribution in [0.5, 0.6) is 0 Å². The fourth-order valence-corrected chi connectivity index (χ4v) is 3.43. The lowest BCUT2D eigenvalue weighted by molar-refractivity contribution is 0.159. The fourth-order valence-electron chi connectivity index (χ4n) is 2.28. The smallest absolute Gasteiger partial charge is 0.0485 e. The second-order valence-corrected chi connectivity index (χ2v) is 6.33. The average Bonchev–Trinajstić information content (AvgIpc) is 2.62. The molecule has 1 nitrogen and oxygen atoms in total. The maximum absolute atomic E-state index is 9.30. The second kappa shape index (κ2) is 4.26. The van der Waals surface area contributed by atoms with Gasteiger partial charge in [-0.2, -0.15) is 0 Å². The van der Waals surface area contributed by atoms with Crippen molar-refractivity contribution in [1.82, 2.24) is 0 Å². The van der Waals surface area contributed by atoms with Crippen LogP contribution in [-0.2, 0) is 19.3 Å². The van der Waals surface area contributed by atoms with E-state index in [1.807, 2.05) is 11.3 Å². The van der Waals surface area contributed by atoms with Crippen molar-refractivity contribution in [2.45, 2.75) is 46.0 Å². The Labute approximate surface area is 96.1 Å². The molecule has 1 aromatic rings. The first-order valence-electron chi connectivity index (χ1n) is 5.81. The van der Waals surface area contributed by atoms with Gasteiger partial charge >= 0.3 is 0 Å². The lowest BCUT2D eigenvalue weighted by atomic mass is 9.84. The highest BCUT2D eigenvalue weighted by atomic mass is 32.1. The summed E-state index contributed by atoms with van der Waals surface area (Å²) >= 11 is 1.92. The molecule has 0 aliphatic heterocycles. The van der Waals surface area contributed by atoms with E-state index in [1.165, 1.54) is 31.2 Å². The molecule has 1 aliphatic carbocycles. The molecule has 0 fully saturated rings. The van der Waals surface area contributed by atoms with Crippen molar-refractivity contribution in [2.24, 2.45) is 5.41 Å². The van der Waals surface area contributed by atoms with Crippen LogP contribution in [0.2, 0.25) is 0 Å². The van der Waals surface area contributed by atoms with Crippen molar-refractivity contribution >= 4 is 11.3 Å². The van der Waals surface area contributed by atoms with Crippen LogP contribution in [0, 0.1) is 5.41 Å². The highest BCUT2D eigenvalue weighted by Crippen LogP contribution is 2.33. The van der Waals surface area contributed by atoms with Crippen molar-refractivity contribution in [3.8, 4) is 0 Å². The first-order valence-corrected chi connectivity index (χ1v) is 6.69. The zero-order chi connectivity index (χ0) is 10.9. The average molecular weight is 224 g/mol. The summed E-state index contributed by atoms with van der Waals surface area (Å²) < 4.78 is 0. The third kappa shape index (κ3) is 2.43. The van der Waals surface area contributed by atoms with Gasteiger partial charge in [0.15, 0.2) is 0 Å². The van der Waals surface area contributed by atoms with Crippen LogP contribution in [0.15, 0.2) is 5.38 Å². The molecule has 1 aromatic heterocycles. The third-order valence-electron chi connectivity index (χ3n) is 3.25. The van der Waals surface area contributed by atoms with E-state index in [2.05, 4.69) is 19.2 Å². The molecule has 15 heavy (non-hydrogen) atoms. The van der Waals surface area contributed by atoms with Crippen LogP contribution in [0.3, 0.4) is 0 Å². The Morgan fingerprint density at radius 3 is 2.80 bits per heavy atom. The molecule has 1 aliphatic rings. The van der Waals surface area contributed by atoms with Crippen molar-refractivity contribution in [3.05, 3.63) is 21.4 Å². The van der Waals surface area contributed by atoms with Crippen LogP contribution < -0.4 is 0 Å². The highest BCUT2D eigenvalue weighted by Gasteiger charge is 2.22. The van der Waals surface area contributed by atoms with Gasteiger partial charge in [-0.15, -0.1) is 11.3 Å². The van der Waals surface area contributed by atoms with Gasteiger partial charge in [0, 0.05) is 11.5 Å². The molecule has 0 unspecified atom stereocenters. The molecule has 0 amide bonds. The number of aliphatic hydroxyl groups excluding tert-OH is 1. The van der Waals surface area contributed by atoms with E-state index < -0.39 is 0 Å². The van der Waals surface area contributed by atoms with Crippen molar-refractivity contribution in [2.75, 3.05) is 6.61 Å². The van der Waals surface area contributed by atoms with E-state index in [9.17, 15) is 5.11 Å². The number of aliphatic hydroxyl groups is 1. The van der Waals surface area contributed by atoms with Gasteiger partial charge in [0.25, 0.3) is 0 Å². The molecular weight excluding hydrogens is 204 g/mol. The van der Waals surface area contributed by atoms with E-state index >= 15 is 0 Å². The maximum Gasteiger partial charge on any atom is 0.0485 e. The van der Waals surface area contributed by atoms with Crippen molar-refractivity contribution in [3.63, 3.8) is 0 Å². The van der Waals surface area contributed by atoms with Gasteiger partial charge in [-0.05, 0) is 54.0 Å². The van der Waals surface area contributed by atoms with Gasteiger partial charge in [-0.1, -0.05) is 13.8 Å². The number of hydrogen-bond donors (Lipinski definition) is 1. The van der Waals surface area contributed by atoms with Gasteiger partial charge in [0.05, 0.1) is 0 Å². The van der Waals surface area contributed by atoms with Gasteiger partial charge in [0.2, 0.25) is 0 Å². The summed E-state index contributed by atoms with van der Waals surface area (Å²) in [6.45, 7) is 4.55. The van der Waals surface area contributed by atoms with Gasteiger partial charge in [-0.3, -0.25) is 0 Å². The minimum Gasteiger partial charge on any atom is -0.396 e. The SMILES string of the molecule is CC(C)(CO)Cc1csc2c1CCCC2. The number of fused-ring (bicyclic) bond motifs is 1. The second-order valence-electron chi connectivity index (χ2n) is 5.37. The number of aryl methyl sites for hydroxylation is 1. The summed E-state index contributed by atoms with van der Waals surface area (Å²) in [5.74, 6) is 0. The number of thiophene rings is 1. The number of hydrogen-bond acceptors (Lipinski definition) is 2. The Bertz CT molecular complexity index is 338. The first-order chi connectivity index (χ1) is 7.12. The molecule has 0 saturated carbocycles. The summed E-state index contributed by atoms with van der Waals surface area (Å²) in [6.07, 6.45) is 6.26. The summed E-state index contributed by atoms with van der Waals surface area (Å²) in [5.41, 5.74) is 3.13. The largest absolute Gasteiger partial charge is 0.396 e. The van der Waals surface area contributed by atoms with Crippen LogP contribution >= 0.6 is 11.3 Å². The maximum atomic E-state index is 9.30. The molecule has 1 N–H and O–H groups in total. The molecule has 2 heteroatoms. The quantitative estimate of drug-likeness (QED) is 0.836. The fraction of sp³-hybridized carbons (Fsp3) is 0.692. The minimum atomic E-state index is 0.0340. The normalized spacial score (nSPS) is 16.5. The van der Waals surface area contributed by atoms with Gasteiger partial charge in [-0.25, -0.2) is 0 Å².